The van der Waals surface area contributed by atoms with Crippen LogP contribution in [0.5, 0.6) is 5.75 Å². The lowest BCUT2D eigenvalue weighted by atomic mass is 10.3. The van der Waals surface area contributed by atoms with E-state index in [4.69, 9.17) is 16.3 Å². The first-order valence-electron chi connectivity index (χ1n) is 6.89. The van der Waals surface area contributed by atoms with Crippen LogP contribution in [0.2, 0.25) is 5.02 Å². The standard InChI is InChI=1S/C16H14ClN3O3/c1-23-14-7-6-10(8-11(14)17)18-15(21)9-20-13-5-3-2-4-12(13)19-16(20)22/h2-8H,9H2,1H3,(H,18,21)(H,19,22). The summed E-state index contributed by atoms with van der Waals surface area (Å²) in [6.45, 7) is -0.0908. The maximum absolute atomic E-state index is 12.2. The molecule has 2 aromatic carbocycles. The Morgan fingerprint density at radius 3 is 2.83 bits per heavy atom. The van der Waals surface area contributed by atoms with Gasteiger partial charge in [0.25, 0.3) is 0 Å². The van der Waals surface area contributed by atoms with Crippen molar-refractivity contribution >= 4 is 34.2 Å². The van der Waals surface area contributed by atoms with Gasteiger partial charge in [-0.2, -0.15) is 0 Å². The van der Waals surface area contributed by atoms with E-state index in [0.29, 0.717) is 27.5 Å². The van der Waals surface area contributed by atoms with Crippen molar-refractivity contribution in [1.29, 1.82) is 0 Å². The molecule has 0 bridgehead atoms. The van der Waals surface area contributed by atoms with E-state index in [0.717, 1.165) is 0 Å². The summed E-state index contributed by atoms with van der Waals surface area (Å²) in [5.41, 5.74) is 1.58. The van der Waals surface area contributed by atoms with Crippen LogP contribution in [0.25, 0.3) is 11.0 Å². The van der Waals surface area contributed by atoms with Gasteiger partial charge in [0.1, 0.15) is 12.3 Å². The number of rotatable bonds is 4. The van der Waals surface area contributed by atoms with Crippen LogP contribution in [0, 0.1) is 0 Å². The van der Waals surface area contributed by atoms with Crippen molar-refractivity contribution in [3.63, 3.8) is 0 Å². The molecule has 0 aliphatic heterocycles. The van der Waals surface area contributed by atoms with Crippen molar-refractivity contribution in [1.82, 2.24) is 9.55 Å². The van der Waals surface area contributed by atoms with Gasteiger partial charge in [0, 0.05) is 5.69 Å². The summed E-state index contributed by atoms with van der Waals surface area (Å²) in [4.78, 5) is 26.8. The van der Waals surface area contributed by atoms with Crippen molar-refractivity contribution in [3.05, 3.63) is 58.0 Å². The minimum Gasteiger partial charge on any atom is -0.495 e. The lowest BCUT2D eigenvalue weighted by Crippen LogP contribution is -2.25. The number of halogens is 1. The summed E-state index contributed by atoms with van der Waals surface area (Å²) >= 11 is 6.02. The molecule has 0 spiro atoms. The molecule has 3 rings (SSSR count). The number of carbonyl (C=O) groups excluding carboxylic acids is 1. The van der Waals surface area contributed by atoms with Gasteiger partial charge < -0.3 is 15.0 Å². The Kier molecular flexibility index (Phi) is 4.08. The Balaban J connectivity index is 1.80. The molecule has 0 aliphatic rings. The number of imidazole rings is 1. The number of methoxy groups -OCH3 is 1. The average Bonchev–Trinajstić information content (AvgIpc) is 2.83. The Morgan fingerprint density at radius 1 is 1.30 bits per heavy atom. The fourth-order valence-electron chi connectivity index (χ4n) is 2.35. The zero-order chi connectivity index (χ0) is 16.4. The number of hydrogen-bond donors (Lipinski definition) is 2. The van der Waals surface area contributed by atoms with Crippen LogP contribution < -0.4 is 15.7 Å². The Labute approximate surface area is 136 Å². The second kappa shape index (κ2) is 6.18. The van der Waals surface area contributed by atoms with E-state index >= 15 is 0 Å². The van der Waals surface area contributed by atoms with E-state index in [2.05, 4.69) is 10.3 Å². The van der Waals surface area contributed by atoms with Crippen molar-refractivity contribution < 1.29 is 9.53 Å². The lowest BCUT2D eigenvalue weighted by molar-refractivity contribution is -0.116. The molecule has 7 heteroatoms. The van der Waals surface area contributed by atoms with E-state index in [1.807, 2.05) is 12.1 Å². The predicted octanol–water partition coefficient (Wildman–Crippen LogP) is 2.63. The van der Waals surface area contributed by atoms with Crippen LogP contribution in [0.4, 0.5) is 5.69 Å². The number of nitrogens with one attached hydrogen (secondary N) is 2. The minimum atomic E-state index is -0.325. The van der Waals surface area contributed by atoms with Crippen LogP contribution in [0.1, 0.15) is 0 Å². The maximum atomic E-state index is 12.2. The first-order valence-corrected chi connectivity index (χ1v) is 7.27. The van der Waals surface area contributed by atoms with E-state index in [9.17, 15) is 9.59 Å². The molecule has 1 heterocycles. The van der Waals surface area contributed by atoms with Crippen LogP contribution in [-0.2, 0) is 11.3 Å². The minimum absolute atomic E-state index is 0.0908. The van der Waals surface area contributed by atoms with Crippen molar-refractivity contribution in [2.24, 2.45) is 0 Å². The third-order valence-electron chi connectivity index (χ3n) is 3.42. The number of carbonyl (C=O) groups is 1. The molecule has 0 saturated carbocycles. The lowest BCUT2D eigenvalue weighted by Gasteiger charge is -2.08. The zero-order valence-corrected chi connectivity index (χ0v) is 13.1. The number of benzene rings is 2. The highest BCUT2D eigenvalue weighted by Crippen LogP contribution is 2.27. The number of nitrogens with zero attached hydrogens (tertiary/aromatic N) is 1. The fourth-order valence-corrected chi connectivity index (χ4v) is 2.61. The van der Waals surface area contributed by atoms with Crippen LogP contribution >= 0.6 is 11.6 Å². The smallest absolute Gasteiger partial charge is 0.326 e. The molecule has 0 radical (unpaired) electrons. The predicted molar refractivity (Wildman–Crippen MR) is 89.2 cm³/mol. The molecule has 118 valence electrons. The first kappa shape index (κ1) is 15.2. The van der Waals surface area contributed by atoms with E-state index in [1.165, 1.54) is 11.7 Å². The molecule has 1 amide bonds. The van der Waals surface area contributed by atoms with E-state index < -0.39 is 0 Å². The second-order valence-electron chi connectivity index (χ2n) is 4.93. The number of aromatic amines is 1. The number of hydrogen-bond acceptors (Lipinski definition) is 3. The molecular formula is C16H14ClN3O3. The summed E-state index contributed by atoms with van der Waals surface area (Å²) in [7, 11) is 1.52. The number of amides is 1. The van der Waals surface area contributed by atoms with Crippen molar-refractivity contribution in [3.8, 4) is 5.75 Å². The molecule has 23 heavy (non-hydrogen) atoms. The highest BCUT2D eigenvalue weighted by molar-refractivity contribution is 6.32. The fraction of sp³-hybridized carbons (Fsp3) is 0.125. The molecule has 0 atom stereocenters. The van der Waals surface area contributed by atoms with Gasteiger partial charge in [-0.1, -0.05) is 23.7 Å². The molecule has 0 aliphatic carbocycles. The van der Waals surface area contributed by atoms with Crippen molar-refractivity contribution in [2.75, 3.05) is 12.4 Å². The molecule has 6 nitrogen and oxygen atoms in total. The molecule has 0 saturated heterocycles. The van der Waals surface area contributed by atoms with E-state index in [1.54, 1.807) is 30.3 Å². The number of aromatic nitrogens is 2. The zero-order valence-electron chi connectivity index (χ0n) is 12.3. The van der Waals surface area contributed by atoms with Crippen LogP contribution in [0.3, 0.4) is 0 Å². The summed E-state index contributed by atoms with van der Waals surface area (Å²) in [5, 5.41) is 3.11. The first-order chi connectivity index (χ1) is 11.1. The number of ether oxygens (including phenoxy) is 1. The van der Waals surface area contributed by atoms with Gasteiger partial charge >= 0.3 is 5.69 Å². The van der Waals surface area contributed by atoms with Gasteiger partial charge in [-0.05, 0) is 30.3 Å². The summed E-state index contributed by atoms with van der Waals surface area (Å²) in [6.07, 6.45) is 0. The maximum Gasteiger partial charge on any atom is 0.326 e. The topological polar surface area (TPSA) is 76.1 Å². The third kappa shape index (κ3) is 3.07. The third-order valence-corrected chi connectivity index (χ3v) is 3.71. The Morgan fingerprint density at radius 2 is 2.09 bits per heavy atom. The molecule has 3 aromatic rings. The van der Waals surface area contributed by atoms with Crippen LogP contribution in [-0.4, -0.2) is 22.6 Å². The average molecular weight is 332 g/mol. The van der Waals surface area contributed by atoms with Gasteiger partial charge in [0.2, 0.25) is 5.91 Å². The number of fused-ring (bicyclic) bond motifs is 1. The van der Waals surface area contributed by atoms with Gasteiger partial charge in [-0.25, -0.2) is 4.79 Å². The monoisotopic (exact) mass is 331 g/mol. The van der Waals surface area contributed by atoms with E-state index in [-0.39, 0.29) is 18.1 Å². The summed E-state index contributed by atoms with van der Waals surface area (Å²) < 4.78 is 6.44. The van der Waals surface area contributed by atoms with Crippen LogP contribution in [0.15, 0.2) is 47.3 Å². The molecule has 0 unspecified atom stereocenters. The van der Waals surface area contributed by atoms with Crippen molar-refractivity contribution in [2.45, 2.75) is 6.54 Å². The molecule has 2 N–H and O–H groups in total. The summed E-state index contributed by atoms with van der Waals surface area (Å²) in [6, 6.07) is 12.1. The summed E-state index contributed by atoms with van der Waals surface area (Å²) in [5.74, 6) is 0.204. The highest BCUT2D eigenvalue weighted by atomic mass is 35.5. The van der Waals surface area contributed by atoms with Gasteiger partial charge in [0.15, 0.2) is 0 Å². The molecule has 1 aromatic heterocycles. The largest absolute Gasteiger partial charge is 0.495 e. The normalized spacial score (nSPS) is 10.7. The van der Waals surface area contributed by atoms with Gasteiger partial charge in [0.05, 0.1) is 23.2 Å². The second-order valence-corrected chi connectivity index (χ2v) is 5.34. The Hall–Kier alpha value is -2.73. The number of H-pyrrole nitrogens is 1. The number of para-hydroxylation sites is 2. The quantitative estimate of drug-likeness (QED) is 0.771. The Bertz CT molecular complexity index is 930. The molecular weight excluding hydrogens is 318 g/mol. The molecule has 0 fully saturated rings. The number of anilines is 1. The highest BCUT2D eigenvalue weighted by Gasteiger charge is 2.11. The SMILES string of the molecule is COc1ccc(NC(=O)Cn2c(=O)[nH]c3ccccc32)cc1Cl. The van der Waals surface area contributed by atoms with Gasteiger partial charge in [-0.3, -0.25) is 9.36 Å². The van der Waals surface area contributed by atoms with Gasteiger partial charge in [-0.15, -0.1) is 0 Å².